The van der Waals surface area contributed by atoms with Crippen molar-refractivity contribution in [3.63, 3.8) is 0 Å². The smallest absolute Gasteiger partial charge is 0.189 e. The lowest BCUT2D eigenvalue weighted by molar-refractivity contribution is 0.161. The maximum Gasteiger partial charge on any atom is 0.189 e. The van der Waals surface area contributed by atoms with Crippen molar-refractivity contribution < 1.29 is 9.13 Å². The number of likely N-dealkylation sites (N-methyl/N-ethyl adjacent to an activating group) is 1. The van der Waals surface area contributed by atoms with Crippen LogP contribution in [-0.2, 0) is 6.61 Å². The molecule has 1 aliphatic rings. The van der Waals surface area contributed by atoms with E-state index in [4.69, 9.17) is 16.3 Å². The molecule has 174 valence electrons. The number of hydrogen-bond acceptors (Lipinski definition) is 7. The van der Waals surface area contributed by atoms with Gasteiger partial charge in [-0.1, -0.05) is 35.5 Å². The Balaban J connectivity index is 1.29. The Labute approximate surface area is 203 Å². The van der Waals surface area contributed by atoms with Crippen molar-refractivity contribution in [2.24, 2.45) is 0 Å². The summed E-state index contributed by atoms with van der Waals surface area (Å²) >= 11 is 8.05. The second kappa shape index (κ2) is 11.7. The van der Waals surface area contributed by atoms with Gasteiger partial charge in [0.25, 0.3) is 0 Å². The fourth-order valence-corrected chi connectivity index (χ4v) is 4.51. The van der Waals surface area contributed by atoms with E-state index in [1.54, 1.807) is 36.2 Å². The first-order valence-corrected chi connectivity index (χ1v) is 12.2. The zero-order chi connectivity index (χ0) is 23.0. The molecule has 3 aromatic rings. The summed E-state index contributed by atoms with van der Waals surface area (Å²) in [6.07, 6.45) is 1.76. The van der Waals surface area contributed by atoms with Crippen LogP contribution in [0.3, 0.4) is 0 Å². The maximum atomic E-state index is 13.3. The van der Waals surface area contributed by atoms with E-state index in [1.807, 2.05) is 18.2 Å². The summed E-state index contributed by atoms with van der Waals surface area (Å²) in [6.45, 7) is 5.75. The van der Waals surface area contributed by atoms with E-state index in [-0.39, 0.29) is 12.4 Å². The molecule has 0 amide bonds. The quantitative estimate of drug-likeness (QED) is 0.339. The fourth-order valence-electron chi connectivity index (χ4n) is 3.45. The number of thioether (sulfide) groups is 1. The van der Waals surface area contributed by atoms with Gasteiger partial charge in [0.15, 0.2) is 5.16 Å². The second-order valence-electron chi connectivity index (χ2n) is 7.91. The van der Waals surface area contributed by atoms with E-state index in [9.17, 15) is 4.39 Å². The lowest BCUT2D eigenvalue weighted by Crippen LogP contribution is -2.45. The number of ether oxygens (including phenoxy) is 1. The molecule has 2 aromatic carbocycles. The molecule has 1 saturated heterocycles. The molecule has 0 atom stereocenters. The number of rotatable bonds is 9. The summed E-state index contributed by atoms with van der Waals surface area (Å²) in [5.41, 5.74) is 1.54. The maximum absolute atomic E-state index is 13.3. The first kappa shape index (κ1) is 23.8. The van der Waals surface area contributed by atoms with Crippen LogP contribution in [0, 0.1) is 5.82 Å². The Kier molecular flexibility index (Phi) is 8.39. The van der Waals surface area contributed by atoms with Crippen molar-refractivity contribution in [2.75, 3.05) is 50.8 Å². The van der Waals surface area contributed by atoms with Crippen LogP contribution in [0.15, 0.2) is 59.9 Å². The van der Waals surface area contributed by atoms with Gasteiger partial charge in [-0.25, -0.2) is 14.4 Å². The van der Waals surface area contributed by atoms with Gasteiger partial charge < -0.3 is 15.0 Å². The number of aromatic nitrogens is 2. The number of nitrogens with zero attached hydrogens (tertiary/aromatic N) is 4. The molecule has 0 spiro atoms. The van der Waals surface area contributed by atoms with Crippen LogP contribution in [0.2, 0.25) is 5.02 Å². The van der Waals surface area contributed by atoms with E-state index in [2.05, 4.69) is 32.1 Å². The summed E-state index contributed by atoms with van der Waals surface area (Å²) in [6, 6.07) is 13.6. The highest BCUT2D eigenvalue weighted by molar-refractivity contribution is 7.99. The van der Waals surface area contributed by atoms with Gasteiger partial charge in [0.2, 0.25) is 0 Å². The predicted octanol–water partition coefficient (Wildman–Crippen LogP) is 4.93. The molecule has 33 heavy (non-hydrogen) atoms. The van der Waals surface area contributed by atoms with E-state index in [0.29, 0.717) is 16.6 Å². The largest absolute Gasteiger partial charge is 0.487 e. The molecule has 1 aliphatic heterocycles. The summed E-state index contributed by atoms with van der Waals surface area (Å²) in [4.78, 5) is 13.8. The third-order valence-corrected chi connectivity index (χ3v) is 6.49. The summed E-state index contributed by atoms with van der Waals surface area (Å²) in [5, 5.41) is 4.48. The molecule has 1 N–H and O–H groups in total. The van der Waals surface area contributed by atoms with Crippen LogP contribution in [0.25, 0.3) is 0 Å². The monoisotopic (exact) mass is 487 g/mol. The zero-order valence-electron chi connectivity index (χ0n) is 18.5. The van der Waals surface area contributed by atoms with Crippen LogP contribution in [0.5, 0.6) is 5.75 Å². The Bertz CT molecular complexity index is 1060. The van der Waals surface area contributed by atoms with Crippen molar-refractivity contribution in [1.29, 1.82) is 0 Å². The number of benzene rings is 2. The van der Waals surface area contributed by atoms with Crippen molar-refractivity contribution in [1.82, 2.24) is 19.8 Å². The lowest BCUT2D eigenvalue weighted by atomic mass is 10.2. The van der Waals surface area contributed by atoms with Gasteiger partial charge in [0.1, 0.15) is 24.0 Å². The predicted molar refractivity (Wildman–Crippen MR) is 132 cm³/mol. The topological polar surface area (TPSA) is 53.5 Å². The van der Waals surface area contributed by atoms with E-state index >= 15 is 0 Å². The molecular formula is C24H27ClFN5OS. The van der Waals surface area contributed by atoms with Gasteiger partial charge in [0.05, 0.1) is 5.02 Å². The van der Waals surface area contributed by atoms with E-state index in [1.165, 1.54) is 12.1 Å². The van der Waals surface area contributed by atoms with Gasteiger partial charge in [-0.2, -0.15) is 0 Å². The average Bonchev–Trinajstić information content (AvgIpc) is 2.80. The molecule has 0 saturated carbocycles. The molecule has 9 heteroatoms. The highest BCUT2D eigenvalue weighted by Crippen LogP contribution is 2.30. The number of anilines is 2. The molecule has 0 radical (unpaired) electrons. The second-order valence-corrected chi connectivity index (χ2v) is 9.38. The summed E-state index contributed by atoms with van der Waals surface area (Å²) in [7, 11) is 2.17. The van der Waals surface area contributed by atoms with Crippen molar-refractivity contribution in [3.8, 4) is 5.75 Å². The third-order valence-electron chi connectivity index (χ3n) is 5.36. The van der Waals surface area contributed by atoms with Crippen LogP contribution >= 0.6 is 23.4 Å². The van der Waals surface area contributed by atoms with Crippen LogP contribution in [0.1, 0.15) is 5.56 Å². The Morgan fingerprint density at radius 2 is 1.97 bits per heavy atom. The minimum atomic E-state index is -0.288. The Morgan fingerprint density at radius 1 is 1.12 bits per heavy atom. The van der Waals surface area contributed by atoms with E-state index < -0.39 is 0 Å². The van der Waals surface area contributed by atoms with Gasteiger partial charge in [-0.05, 0) is 49.0 Å². The van der Waals surface area contributed by atoms with Crippen molar-refractivity contribution in [2.45, 2.75) is 11.8 Å². The average molecular weight is 488 g/mol. The molecular weight excluding hydrogens is 461 g/mol. The fraction of sp³-hybridized carbons (Fsp3) is 0.333. The molecule has 2 heterocycles. The van der Waals surface area contributed by atoms with Gasteiger partial charge >= 0.3 is 0 Å². The molecule has 1 aromatic heterocycles. The Morgan fingerprint density at radius 3 is 2.76 bits per heavy atom. The Hall–Kier alpha value is -2.39. The third kappa shape index (κ3) is 7.30. The first-order valence-electron chi connectivity index (χ1n) is 10.9. The SMILES string of the molecule is CN1CCN(CCSc2nccc(Nc3ccc(OCc4cccc(F)c4)c(Cl)c3)n2)CC1. The standard InChI is InChI=1S/C24H27ClFN5OS/c1-30-9-11-31(12-10-30)13-14-33-24-27-8-7-23(29-24)28-20-5-6-22(21(25)16-20)32-17-18-3-2-4-19(26)15-18/h2-8,15-16H,9-14,17H2,1H3,(H,27,28,29). The van der Waals surface area contributed by atoms with Crippen molar-refractivity contribution in [3.05, 3.63) is 71.1 Å². The number of piperazine rings is 1. The van der Waals surface area contributed by atoms with Gasteiger partial charge in [-0.3, -0.25) is 4.90 Å². The summed E-state index contributed by atoms with van der Waals surface area (Å²) < 4.78 is 19.1. The lowest BCUT2D eigenvalue weighted by Gasteiger charge is -2.32. The van der Waals surface area contributed by atoms with E-state index in [0.717, 1.165) is 54.9 Å². The van der Waals surface area contributed by atoms with Gasteiger partial charge in [0, 0.05) is 50.4 Å². The molecule has 0 unspecified atom stereocenters. The first-order chi connectivity index (χ1) is 16.0. The minimum absolute atomic E-state index is 0.241. The van der Waals surface area contributed by atoms with Crippen LogP contribution in [0.4, 0.5) is 15.9 Å². The summed E-state index contributed by atoms with van der Waals surface area (Å²) in [5.74, 6) is 1.91. The minimum Gasteiger partial charge on any atom is -0.487 e. The van der Waals surface area contributed by atoms with Crippen LogP contribution < -0.4 is 10.1 Å². The molecule has 1 fully saturated rings. The van der Waals surface area contributed by atoms with Gasteiger partial charge in [-0.15, -0.1) is 0 Å². The van der Waals surface area contributed by atoms with Crippen molar-refractivity contribution >= 4 is 34.9 Å². The number of hydrogen-bond donors (Lipinski definition) is 1. The van der Waals surface area contributed by atoms with Crippen LogP contribution in [-0.4, -0.2) is 65.3 Å². The molecule has 0 aliphatic carbocycles. The molecule has 0 bridgehead atoms. The molecule has 6 nitrogen and oxygen atoms in total. The number of halogens is 2. The normalized spacial score (nSPS) is 14.9. The highest BCUT2D eigenvalue weighted by atomic mass is 35.5. The number of nitrogens with one attached hydrogen (secondary N) is 1. The molecule has 4 rings (SSSR count). The highest BCUT2D eigenvalue weighted by Gasteiger charge is 2.13. The zero-order valence-corrected chi connectivity index (χ0v) is 20.1.